The van der Waals surface area contributed by atoms with Gasteiger partial charge in [-0.2, -0.15) is 0 Å². The fraction of sp³-hybridized carbons (Fsp3) is 0.464. The molecule has 4 heterocycles. The van der Waals surface area contributed by atoms with Crippen molar-refractivity contribution in [3.63, 3.8) is 0 Å². The highest BCUT2D eigenvalue weighted by atomic mass is 16.5. The van der Waals surface area contributed by atoms with Crippen LogP contribution in [0.1, 0.15) is 48.9 Å². The van der Waals surface area contributed by atoms with E-state index >= 15 is 0 Å². The topological polar surface area (TPSA) is 75.9 Å². The van der Waals surface area contributed by atoms with E-state index in [-0.39, 0.29) is 17.1 Å². The first-order chi connectivity index (χ1) is 16.8. The number of carbonyl (C=O) groups is 1. The lowest BCUT2D eigenvalue weighted by atomic mass is 9.92. The Labute approximate surface area is 205 Å². The minimum Gasteiger partial charge on any atom is -0.487 e. The van der Waals surface area contributed by atoms with Crippen molar-refractivity contribution in [1.29, 1.82) is 0 Å². The SMILES string of the molecule is Cc1c(CCC(=O)N2CCN(Cc3ccncc3)CC2)c(=O)oc2cc3c(cc12)CCC(C)(C)O3. The molecule has 3 aromatic rings. The van der Waals surface area contributed by atoms with E-state index in [0.717, 1.165) is 54.7 Å². The molecule has 0 atom stereocenters. The smallest absolute Gasteiger partial charge is 0.339 e. The average Bonchev–Trinajstić information content (AvgIpc) is 2.83. The van der Waals surface area contributed by atoms with Gasteiger partial charge in [-0.3, -0.25) is 14.7 Å². The molecule has 1 aromatic carbocycles. The molecule has 0 N–H and O–H groups in total. The fourth-order valence-corrected chi connectivity index (χ4v) is 5.12. The standard InChI is InChI=1S/C28H33N3O4/c1-19-22(27(33)34-25-17-24-21(16-23(19)25)6-9-28(2,3)35-24)4-5-26(32)31-14-12-30(13-15-31)18-20-7-10-29-11-8-20/h7-8,10-11,16-17H,4-6,9,12-15,18H2,1-3H3. The second-order valence-electron chi connectivity index (χ2n) is 10.3. The molecule has 0 saturated carbocycles. The number of amides is 1. The van der Waals surface area contributed by atoms with E-state index in [9.17, 15) is 9.59 Å². The van der Waals surface area contributed by atoms with Gasteiger partial charge in [0.2, 0.25) is 5.91 Å². The van der Waals surface area contributed by atoms with Crippen LogP contribution in [0.4, 0.5) is 0 Å². The van der Waals surface area contributed by atoms with E-state index in [1.54, 1.807) is 0 Å². The second kappa shape index (κ2) is 9.46. The molecule has 7 nitrogen and oxygen atoms in total. The van der Waals surface area contributed by atoms with Gasteiger partial charge in [-0.25, -0.2) is 4.79 Å². The van der Waals surface area contributed by atoms with Gasteiger partial charge in [0.15, 0.2) is 0 Å². The van der Waals surface area contributed by atoms with Gasteiger partial charge in [0.1, 0.15) is 16.9 Å². The number of piperazine rings is 1. The molecule has 2 aliphatic rings. The number of nitrogens with zero attached hydrogens (tertiary/aromatic N) is 3. The first kappa shape index (κ1) is 23.5. The molecule has 5 rings (SSSR count). The van der Waals surface area contributed by atoms with E-state index in [4.69, 9.17) is 9.15 Å². The molecular formula is C28H33N3O4. The Morgan fingerprint density at radius 2 is 1.86 bits per heavy atom. The Morgan fingerprint density at radius 3 is 2.60 bits per heavy atom. The van der Waals surface area contributed by atoms with Crippen molar-refractivity contribution in [3.05, 3.63) is 69.3 Å². The highest BCUT2D eigenvalue weighted by Crippen LogP contribution is 2.36. The summed E-state index contributed by atoms with van der Waals surface area (Å²) in [6, 6.07) is 7.99. The van der Waals surface area contributed by atoms with Crippen molar-refractivity contribution < 1.29 is 13.9 Å². The van der Waals surface area contributed by atoms with Crippen molar-refractivity contribution in [2.75, 3.05) is 26.2 Å². The Morgan fingerprint density at radius 1 is 1.11 bits per heavy atom. The van der Waals surface area contributed by atoms with E-state index in [1.165, 1.54) is 5.56 Å². The largest absolute Gasteiger partial charge is 0.487 e. The predicted molar refractivity (Wildman–Crippen MR) is 135 cm³/mol. The van der Waals surface area contributed by atoms with Crippen molar-refractivity contribution in [3.8, 4) is 5.75 Å². The molecule has 0 spiro atoms. The maximum Gasteiger partial charge on any atom is 0.339 e. The zero-order valence-electron chi connectivity index (χ0n) is 20.8. The highest BCUT2D eigenvalue weighted by Gasteiger charge is 2.28. The summed E-state index contributed by atoms with van der Waals surface area (Å²) < 4.78 is 11.8. The summed E-state index contributed by atoms with van der Waals surface area (Å²) in [6.45, 7) is 10.1. The molecule has 2 aliphatic heterocycles. The Hall–Kier alpha value is -3.19. The second-order valence-corrected chi connectivity index (χ2v) is 10.3. The third kappa shape index (κ3) is 5.10. The lowest BCUT2D eigenvalue weighted by Gasteiger charge is -2.34. The van der Waals surface area contributed by atoms with Crippen molar-refractivity contribution in [2.24, 2.45) is 0 Å². The van der Waals surface area contributed by atoms with E-state index in [2.05, 4.69) is 29.8 Å². The van der Waals surface area contributed by atoms with Crippen LogP contribution in [0.15, 0.2) is 45.9 Å². The number of benzene rings is 1. The van der Waals surface area contributed by atoms with Crippen LogP contribution in [0.2, 0.25) is 0 Å². The summed E-state index contributed by atoms with van der Waals surface area (Å²) in [4.78, 5) is 34.1. The molecule has 184 valence electrons. The van der Waals surface area contributed by atoms with Gasteiger partial charge >= 0.3 is 5.63 Å². The van der Waals surface area contributed by atoms with Crippen LogP contribution in [-0.2, 0) is 24.2 Å². The van der Waals surface area contributed by atoms with Gasteiger partial charge in [-0.05, 0) is 74.9 Å². The molecule has 2 aromatic heterocycles. The zero-order valence-corrected chi connectivity index (χ0v) is 20.8. The van der Waals surface area contributed by atoms with Gasteiger partial charge in [0, 0.05) is 68.6 Å². The molecule has 0 radical (unpaired) electrons. The molecule has 1 fully saturated rings. The molecule has 0 unspecified atom stereocenters. The van der Waals surface area contributed by atoms with Crippen LogP contribution >= 0.6 is 0 Å². The van der Waals surface area contributed by atoms with Crippen molar-refractivity contribution >= 4 is 16.9 Å². The number of aromatic nitrogens is 1. The lowest BCUT2D eigenvalue weighted by molar-refractivity contribution is -0.133. The predicted octanol–water partition coefficient (Wildman–Crippen LogP) is 3.88. The summed E-state index contributed by atoms with van der Waals surface area (Å²) in [7, 11) is 0. The molecule has 35 heavy (non-hydrogen) atoms. The lowest BCUT2D eigenvalue weighted by Crippen LogP contribution is -2.48. The van der Waals surface area contributed by atoms with Crippen LogP contribution in [0.3, 0.4) is 0 Å². The number of rotatable bonds is 5. The number of hydrogen-bond donors (Lipinski definition) is 0. The van der Waals surface area contributed by atoms with Gasteiger partial charge in [-0.1, -0.05) is 0 Å². The highest BCUT2D eigenvalue weighted by molar-refractivity contribution is 5.84. The Bertz CT molecular complexity index is 1290. The van der Waals surface area contributed by atoms with E-state index in [0.29, 0.717) is 37.1 Å². The first-order valence-electron chi connectivity index (χ1n) is 12.5. The quantitative estimate of drug-likeness (QED) is 0.522. The normalized spacial score (nSPS) is 17.7. The van der Waals surface area contributed by atoms with E-state index < -0.39 is 0 Å². The zero-order chi connectivity index (χ0) is 24.6. The summed E-state index contributed by atoms with van der Waals surface area (Å²) in [6.07, 6.45) is 6.19. The average molecular weight is 476 g/mol. The summed E-state index contributed by atoms with van der Waals surface area (Å²) in [5, 5.41) is 0.929. The molecule has 0 aliphatic carbocycles. The van der Waals surface area contributed by atoms with Crippen LogP contribution in [0.25, 0.3) is 11.0 Å². The summed E-state index contributed by atoms with van der Waals surface area (Å²) in [5.41, 5.74) is 3.83. The van der Waals surface area contributed by atoms with Crippen LogP contribution < -0.4 is 10.4 Å². The van der Waals surface area contributed by atoms with Gasteiger partial charge in [0.05, 0.1) is 0 Å². The molecule has 7 heteroatoms. The Balaban J connectivity index is 1.24. The van der Waals surface area contributed by atoms with Crippen molar-refractivity contribution in [1.82, 2.24) is 14.8 Å². The third-order valence-electron chi connectivity index (χ3n) is 7.32. The molecular weight excluding hydrogens is 442 g/mol. The molecule has 0 bridgehead atoms. The fourth-order valence-electron chi connectivity index (χ4n) is 5.12. The number of ether oxygens (including phenoxy) is 1. The first-order valence-corrected chi connectivity index (χ1v) is 12.5. The monoisotopic (exact) mass is 475 g/mol. The summed E-state index contributed by atoms with van der Waals surface area (Å²) in [5.74, 6) is 0.885. The minimum atomic E-state index is -0.361. The number of fused-ring (bicyclic) bond motifs is 2. The van der Waals surface area contributed by atoms with Crippen molar-refractivity contribution in [2.45, 2.75) is 58.6 Å². The number of hydrogen-bond acceptors (Lipinski definition) is 6. The number of carbonyl (C=O) groups excluding carboxylic acids is 1. The molecule has 1 amide bonds. The van der Waals surface area contributed by atoms with Crippen LogP contribution in [0.5, 0.6) is 5.75 Å². The number of pyridine rings is 1. The van der Waals surface area contributed by atoms with Gasteiger partial charge in [-0.15, -0.1) is 0 Å². The third-order valence-corrected chi connectivity index (χ3v) is 7.32. The van der Waals surface area contributed by atoms with Crippen LogP contribution in [-0.4, -0.2) is 52.5 Å². The minimum absolute atomic E-state index is 0.0912. The summed E-state index contributed by atoms with van der Waals surface area (Å²) >= 11 is 0. The maximum atomic E-state index is 12.9. The molecule has 1 saturated heterocycles. The Kier molecular flexibility index (Phi) is 6.36. The maximum absolute atomic E-state index is 12.9. The van der Waals surface area contributed by atoms with Gasteiger partial charge in [0.25, 0.3) is 0 Å². The van der Waals surface area contributed by atoms with Gasteiger partial charge < -0.3 is 14.1 Å². The number of aryl methyl sites for hydroxylation is 2. The van der Waals surface area contributed by atoms with Crippen LogP contribution in [0, 0.1) is 6.92 Å². The van der Waals surface area contributed by atoms with E-state index in [1.807, 2.05) is 42.4 Å².